The molecule has 0 spiro atoms. The molecule has 2 aromatic carbocycles. The number of anilines is 1. The average molecular weight is 306 g/mol. The molecule has 0 unspecified atom stereocenters. The summed E-state index contributed by atoms with van der Waals surface area (Å²) in [6.45, 7) is 1.94. The number of hydrogen-bond acceptors (Lipinski definition) is 2. The molecule has 3 nitrogen and oxygen atoms in total. The Balaban J connectivity index is 1.74. The molecule has 4 heteroatoms. The SMILES string of the molecule is Cc1ccc(NC(=O)c2ccc(-c3ccc(F)cc3)cc2)nc1. The Hall–Kier alpha value is -3.01. The van der Waals surface area contributed by atoms with E-state index in [1.165, 1.54) is 12.1 Å². The minimum atomic E-state index is -0.268. The highest BCUT2D eigenvalue weighted by Gasteiger charge is 2.07. The normalized spacial score (nSPS) is 10.3. The van der Waals surface area contributed by atoms with Crippen molar-refractivity contribution in [1.29, 1.82) is 0 Å². The number of nitrogens with zero attached hydrogens (tertiary/aromatic N) is 1. The van der Waals surface area contributed by atoms with Gasteiger partial charge < -0.3 is 5.32 Å². The lowest BCUT2D eigenvalue weighted by Gasteiger charge is -2.06. The minimum Gasteiger partial charge on any atom is -0.307 e. The van der Waals surface area contributed by atoms with Gasteiger partial charge in [0.2, 0.25) is 0 Å². The van der Waals surface area contributed by atoms with Crippen LogP contribution in [0.1, 0.15) is 15.9 Å². The fourth-order valence-corrected chi connectivity index (χ4v) is 2.19. The highest BCUT2D eigenvalue weighted by atomic mass is 19.1. The third-order valence-electron chi connectivity index (χ3n) is 3.48. The van der Waals surface area contributed by atoms with Gasteiger partial charge in [-0.25, -0.2) is 9.37 Å². The van der Waals surface area contributed by atoms with E-state index in [9.17, 15) is 9.18 Å². The number of benzene rings is 2. The third-order valence-corrected chi connectivity index (χ3v) is 3.48. The number of halogens is 1. The molecule has 0 aliphatic rings. The van der Waals surface area contributed by atoms with Gasteiger partial charge >= 0.3 is 0 Å². The summed E-state index contributed by atoms with van der Waals surface area (Å²) in [7, 11) is 0. The van der Waals surface area contributed by atoms with E-state index >= 15 is 0 Å². The van der Waals surface area contributed by atoms with Crippen LogP contribution >= 0.6 is 0 Å². The monoisotopic (exact) mass is 306 g/mol. The lowest BCUT2D eigenvalue weighted by Crippen LogP contribution is -2.12. The number of carbonyl (C=O) groups excluding carboxylic acids is 1. The van der Waals surface area contributed by atoms with Gasteiger partial charge in [0.25, 0.3) is 5.91 Å². The van der Waals surface area contributed by atoms with Crippen molar-refractivity contribution in [3.8, 4) is 11.1 Å². The van der Waals surface area contributed by atoms with Crippen molar-refractivity contribution in [3.63, 3.8) is 0 Å². The van der Waals surface area contributed by atoms with Crippen LogP contribution in [-0.4, -0.2) is 10.9 Å². The standard InChI is InChI=1S/C19H15FN2O/c1-13-2-11-18(21-12-13)22-19(23)16-5-3-14(4-6-16)15-7-9-17(20)10-8-15/h2-12H,1H3,(H,21,22,23). The van der Waals surface area contributed by atoms with Crippen molar-refractivity contribution >= 4 is 11.7 Å². The summed E-state index contributed by atoms with van der Waals surface area (Å²) in [5.41, 5.74) is 3.40. The summed E-state index contributed by atoms with van der Waals surface area (Å²) < 4.78 is 12.9. The van der Waals surface area contributed by atoms with E-state index in [4.69, 9.17) is 0 Å². The van der Waals surface area contributed by atoms with Gasteiger partial charge in [-0.05, 0) is 53.9 Å². The average Bonchev–Trinajstić information content (AvgIpc) is 2.58. The Kier molecular flexibility index (Phi) is 4.15. The first-order chi connectivity index (χ1) is 11.1. The number of carbonyl (C=O) groups is 1. The van der Waals surface area contributed by atoms with Crippen LogP contribution in [0.25, 0.3) is 11.1 Å². The van der Waals surface area contributed by atoms with Crippen molar-refractivity contribution in [2.75, 3.05) is 5.32 Å². The largest absolute Gasteiger partial charge is 0.307 e. The highest BCUT2D eigenvalue weighted by molar-refractivity contribution is 6.04. The summed E-state index contributed by atoms with van der Waals surface area (Å²) in [5.74, 6) is 0.0329. The molecule has 0 fully saturated rings. The van der Waals surface area contributed by atoms with E-state index in [2.05, 4.69) is 10.3 Å². The molecule has 1 N–H and O–H groups in total. The van der Waals surface area contributed by atoms with E-state index in [0.29, 0.717) is 11.4 Å². The van der Waals surface area contributed by atoms with Gasteiger partial charge in [0.05, 0.1) is 0 Å². The fourth-order valence-electron chi connectivity index (χ4n) is 2.19. The maximum absolute atomic E-state index is 12.9. The topological polar surface area (TPSA) is 42.0 Å². The fraction of sp³-hybridized carbons (Fsp3) is 0.0526. The molecule has 3 rings (SSSR count). The van der Waals surface area contributed by atoms with Crippen LogP contribution in [0.3, 0.4) is 0 Å². The maximum Gasteiger partial charge on any atom is 0.256 e. The van der Waals surface area contributed by atoms with E-state index in [1.54, 1.807) is 36.5 Å². The van der Waals surface area contributed by atoms with Crippen LogP contribution in [0.5, 0.6) is 0 Å². The Morgan fingerprint density at radius 3 is 2.09 bits per heavy atom. The number of rotatable bonds is 3. The Bertz CT molecular complexity index is 809. The molecule has 0 aliphatic heterocycles. The van der Waals surface area contributed by atoms with Crippen molar-refractivity contribution in [2.24, 2.45) is 0 Å². The van der Waals surface area contributed by atoms with Crippen LogP contribution < -0.4 is 5.32 Å². The van der Waals surface area contributed by atoms with Gasteiger partial charge in [-0.3, -0.25) is 4.79 Å². The van der Waals surface area contributed by atoms with E-state index in [-0.39, 0.29) is 11.7 Å². The highest BCUT2D eigenvalue weighted by Crippen LogP contribution is 2.20. The molecule has 1 amide bonds. The smallest absolute Gasteiger partial charge is 0.256 e. The second-order valence-electron chi connectivity index (χ2n) is 5.26. The summed E-state index contributed by atoms with van der Waals surface area (Å²) in [6.07, 6.45) is 1.70. The summed E-state index contributed by atoms with van der Waals surface area (Å²) in [6, 6.07) is 17.1. The van der Waals surface area contributed by atoms with Crippen LogP contribution in [0, 0.1) is 12.7 Å². The first kappa shape index (κ1) is 14.9. The number of nitrogens with one attached hydrogen (secondary N) is 1. The van der Waals surface area contributed by atoms with Crippen molar-refractivity contribution < 1.29 is 9.18 Å². The molecule has 0 aliphatic carbocycles. The molecule has 0 saturated heterocycles. The molecule has 1 heterocycles. The number of pyridine rings is 1. The molecule has 3 aromatic rings. The zero-order valence-corrected chi connectivity index (χ0v) is 12.6. The Morgan fingerprint density at radius 1 is 0.913 bits per heavy atom. The molecule has 0 atom stereocenters. The van der Waals surface area contributed by atoms with Crippen molar-refractivity contribution in [3.05, 3.63) is 83.8 Å². The van der Waals surface area contributed by atoms with Crippen molar-refractivity contribution in [2.45, 2.75) is 6.92 Å². The summed E-state index contributed by atoms with van der Waals surface area (Å²) >= 11 is 0. The Labute approximate surface area is 133 Å². The van der Waals surface area contributed by atoms with Crippen LogP contribution in [0.15, 0.2) is 66.9 Å². The molecule has 1 aromatic heterocycles. The molecule has 0 bridgehead atoms. The number of aryl methyl sites for hydroxylation is 1. The zero-order chi connectivity index (χ0) is 16.2. The second kappa shape index (κ2) is 6.40. The lowest BCUT2D eigenvalue weighted by atomic mass is 10.0. The second-order valence-corrected chi connectivity index (χ2v) is 5.26. The molecule has 0 radical (unpaired) electrons. The molecule has 0 saturated carbocycles. The summed E-state index contributed by atoms with van der Waals surface area (Å²) in [5, 5.41) is 2.75. The van der Waals surface area contributed by atoms with Crippen LogP contribution in [-0.2, 0) is 0 Å². The first-order valence-electron chi connectivity index (χ1n) is 7.22. The van der Waals surface area contributed by atoms with Gasteiger partial charge in [0.15, 0.2) is 0 Å². The van der Waals surface area contributed by atoms with Gasteiger partial charge in [0, 0.05) is 11.8 Å². The van der Waals surface area contributed by atoms with Gasteiger partial charge in [0.1, 0.15) is 11.6 Å². The number of amides is 1. The molecule has 114 valence electrons. The van der Waals surface area contributed by atoms with E-state index < -0.39 is 0 Å². The van der Waals surface area contributed by atoms with Crippen molar-refractivity contribution in [1.82, 2.24) is 4.98 Å². The third kappa shape index (κ3) is 3.61. The van der Waals surface area contributed by atoms with Gasteiger partial charge in [-0.2, -0.15) is 0 Å². The quantitative estimate of drug-likeness (QED) is 0.777. The maximum atomic E-state index is 12.9. The minimum absolute atomic E-state index is 0.216. The molecular weight excluding hydrogens is 291 g/mol. The molecule has 23 heavy (non-hydrogen) atoms. The van der Waals surface area contributed by atoms with Crippen LogP contribution in [0.2, 0.25) is 0 Å². The first-order valence-corrected chi connectivity index (χ1v) is 7.22. The predicted octanol–water partition coefficient (Wildman–Crippen LogP) is 4.45. The van der Waals surface area contributed by atoms with Crippen LogP contribution in [0.4, 0.5) is 10.2 Å². The number of hydrogen-bond donors (Lipinski definition) is 1. The Morgan fingerprint density at radius 2 is 1.52 bits per heavy atom. The summed E-state index contributed by atoms with van der Waals surface area (Å²) in [4.78, 5) is 16.3. The molecular formula is C19H15FN2O. The number of aromatic nitrogens is 1. The predicted molar refractivity (Wildman–Crippen MR) is 88.8 cm³/mol. The van der Waals surface area contributed by atoms with Gasteiger partial charge in [-0.1, -0.05) is 30.3 Å². The van der Waals surface area contributed by atoms with Gasteiger partial charge in [-0.15, -0.1) is 0 Å². The zero-order valence-electron chi connectivity index (χ0n) is 12.6. The van der Waals surface area contributed by atoms with E-state index in [0.717, 1.165) is 16.7 Å². The van der Waals surface area contributed by atoms with E-state index in [1.807, 2.05) is 25.1 Å². The lowest BCUT2D eigenvalue weighted by molar-refractivity contribution is 0.102.